The minimum Gasteiger partial charge on any atom is -0.507 e. The SMILES string of the molecule is CC(C)(C)c1cc(CCC(=O)N/N=C\c2cccc(OC(=O)c3ccc(Cl)cc3)c2)cc(C(C)(C)C)c1O. The van der Waals surface area contributed by atoms with Crippen molar-refractivity contribution in [2.75, 3.05) is 0 Å². The van der Waals surface area contributed by atoms with E-state index in [4.69, 9.17) is 16.3 Å². The Morgan fingerprint density at radius 2 is 1.55 bits per heavy atom. The van der Waals surface area contributed by atoms with Crippen LogP contribution in [0.3, 0.4) is 0 Å². The second-order valence-electron chi connectivity index (χ2n) is 11.3. The predicted molar refractivity (Wildman–Crippen MR) is 152 cm³/mol. The standard InChI is InChI=1S/C31H35ClN2O4/c1-30(2,3)25-17-20(18-26(28(25)36)31(4,5)6)10-15-27(35)34-33-19-21-8-7-9-24(16-21)38-29(37)22-11-13-23(32)14-12-22/h7-9,11-14,16-19,36H,10,15H2,1-6H3,(H,34,35)/b33-19-. The number of aromatic hydroxyl groups is 1. The summed E-state index contributed by atoms with van der Waals surface area (Å²) < 4.78 is 5.42. The molecule has 0 unspecified atom stereocenters. The molecule has 3 aromatic carbocycles. The number of hydrogen-bond acceptors (Lipinski definition) is 5. The Morgan fingerprint density at radius 1 is 0.947 bits per heavy atom. The van der Waals surface area contributed by atoms with E-state index in [0.717, 1.165) is 16.7 Å². The van der Waals surface area contributed by atoms with E-state index in [1.165, 1.54) is 6.21 Å². The summed E-state index contributed by atoms with van der Waals surface area (Å²) in [5.74, 6) is -0.0440. The van der Waals surface area contributed by atoms with Crippen LogP contribution >= 0.6 is 11.6 Å². The number of phenols is 1. The first-order chi connectivity index (χ1) is 17.7. The summed E-state index contributed by atoms with van der Waals surface area (Å²) >= 11 is 5.86. The van der Waals surface area contributed by atoms with E-state index in [1.54, 1.807) is 48.5 Å². The Morgan fingerprint density at radius 3 is 2.13 bits per heavy atom. The number of nitrogens with one attached hydrogen (secondary N) is 1. The molecule has 0 fully saturated rings. The number of hydrazone groups is 1. The van der Waals surface area contributed by atoms with Crippen LogP contribution in [-0.4, -0.2) is 23.2 Å². The molecular formula is C31H35ClN2O4. The van der Waals surface area contributed by atoms with Crippen molar-refractivity contribution in [2.24, 2.45) is 5.10 Å². The van der Waals surface area contributed by atoms with Crippen LogP contribution in [0, 0.1) is 0 Å². The lowest BCUT2D eigenvalue weighted by atomic mass is 9.78. The first-order valence-electron chi connectivity index (χ1n) is 12.5. The van der Waals surface area contributed by atoms with Gasteiger partial charge in [0, 0.05) is 11.4 Å². The Labute approximate surface area is 229 Å². The molecule has 0 atom stereocenters. The fraction of sp³-hybridized carbons (Fsp3) is 0.323. The van der Waals surface area contributed by atoms with E-state index in [0.29, 0.717) is 34.1 Å². The first-order valence-corrected chi connectivity index (χ1v) is 12.9. The quantitative estimate of drug-likeness (QED) is 0.149. The third kappa shape index (κ3) is 7.93. The molecule has 0 aliphatic heterocycles. The van der Waals surface area contributed by atoms with Gasteiger partial charge in [-0.25, -0.2) is 10.2 Å². The van der Waals surface area contributed by atoms with Crippen LogP contribution < -0.4 is 10.2 Å². The molecular weight excluding hydrogens is 500 g/mol. The molecule has 0 aromatic heterocycles. The van der Waals surface area contributed by atoms with Crippen LogP contribution in [0.5, 0.6) is 11.5 Å². The van der Waals surface area contributed by atoms with Crippen molar-refractivity contribution in [1.82, 2.24) is 5.43 Å². The molecule has 0 saturated carbocycles. The number of benzene rings is 3. The van der Waals surface area contributed by atoms with Crippen molar-refractivity contribution in [3.63, 3.8) is 0 Å². The number of phenolic OH excluding ortho intramolecular Hbond substituents is 1. The number of carbonyl (C=O) groups is 2. The molecule has 3 rings (SSSR count). The number of rotatable bonds is 7. The molecule has 7 heteroatoms. The summed E-state index contributed by atoms with van der Waals surface area (Å²) in [6.45, 7) is 12.4. The molecule has 38 heavy (non-hydrogen) atoms. The molecule has 6 nitrogen and oxygen atoms in total. The molecule has 3 aromatic rings. The minimum atomic E-state index is -0.498. The van der Waals surface area contributed by atoms with E-state index < -0.39 is 5.97 Å². The van der Waals surface area contributed by atoms with Gasteiger partial charge in [-0.1, -0.05) is 77.4 Å². The Bertz CT molecular complexity index is 1300. The molecule has 0 aliphatic rings. The molecule has 0 bridgehead atoms. The van der Waals surface area contributed by atoms with Gasteiger partial charge >= 0.3 is 5.97 Å². The fourth-order valence-electron chi connectivity index (χ4n) is 3.88. The lowest BCUT2D eigenvalue weighted by Gasteiger charge is -2.28. The van der Waals surface area contributed by atoms with Gasteiger partial charge in [-0.2, -0.15) is 5.10 Å². The highest BCUT2D eigenvalue weighted by molar-refractivity contribution is 6.30. The van der Waals surface area contributed by atoms with Gasteiger partial charge in [0.1, 0.15) is 11.5 Å². The van der Waals surface area contributed by atoms with Crippen LogP contribution in [0.1, 0.15) is 80.6 Å². The van der Waals surface area contributed by atoms with E-state index >= 15 is 0 Å². The summed E-state index contributed by atoms with van der Waals surface area (Å²) in [7, 11) is 0. The number of amides is 1. The van der Waals surface area contributed by atoms with Gasteiger partial charge in [-0.3, -0.25) is 4.79 Å². The third-order valence-electron chi connectivity index (χ3n) is 5.98. The van der Waals surface area contributed by atoms with E-state index in [1.807, 2.05) is 12.1 Å². The third-order valence-corrected chi connectivity index (χ3v) is 6.23. The van der Waals surface area contributed by atoms with E-state index in [9.17, 15) is 14.7 Å². The molecule has 0 radical (unpaired) electrons. The minimum absolute atomic E-state index is 0.228. The van der Waals surface area contributed by atoms with Crippen molar-refractivity contribution in [1.29, 1.82) is 0 Å². The number of carbonyl (C=O) groups excluding carboxylic acids is 2. The lowest BCUT2D eigenvalue weighted by molar-refractivity contribution is -0.121. The van der Waals surface area contributed by atoms with Crippen molar-refractivity contribution < 1.29 is 19.4 Å². The zero-order valence-electron chi connectivity index (χ0n) is 22.8. The topological polar surface area (TPSA) is 88.0 Å². The highest BCUT2D eigenvalue weighted by atomic mass is 35.5. The van der Waals surface area contributed by atoms with Crippen LogP contribution in [0.2, 0.25) is 5.02 Å². The predicted octanol–water partition coefficient (Wildman–Crippen LogP) is 6.94. The number of nitrogens with zero attached hydrogens (tertiary/aromatic N) is 1. The largest absolute Gasteiger partial charge is 0.507 e. The maximum absolute atomic E-state index is 12.5. The maximum Gasteiger partial charge on any atom is 0.343 e. The Kier molecular flexibility index (Phi) is 9.00. The molecule has 0 saturated heterocycles. The lowest BCUT2D eigenvalue weighted by Crippen LogP contribution is -2.20. The number of esters is 1. The summed E-state index contributed by atoms with van der Waals surface area (Å²) in [6.07, 6.45) is 2.26. The van der Waals surface area contributed by atoms with Gasteiger partial charge in [0.15, 0.2) is 0 Å². The van der Waals surface area contributed by atoms with E-state index in [-0.39, 0.29) is 23.2 Å². The van der Waals surface area contributed by atoms with Crippen molar-refractivity contribution >= 4 is 29.7 Å². The normalized spacial score (nSPS) is 12.0. The van der Waals surface area contributed by atoms with Gasteiger partial charge in [0.2, 0.25) is 5.91 Å². The van der Waals surface area contributed by atoms with Gasteiger partial charge in [-0.15, -0.1) is 0 Å². The van der Waals surface area contributed by atoms with Crippen LogP contribution in [0.15, 0.2) is 65.8 Å². The number of ether oxygens (including phenoxy) is 1. The number of halogens is 1. The second kappa shape index (κ2) is 11.8. The van der Waals surface area contributed by atoms with Gasteiger partial charge in [-0.05, 0) is 75.9 Å². The van der Waals surface area contributed by atoms with Crippen molar-refractivity contribution in [2.45, 2.75) is 65.2 Å². The first kappa shape index (κ1) is 28.9. The van der Waals surface area contributed by atoms with Crippen LogP contribution in [0.25, 0.3) is 0 Å². The number of aryl methyl sites for hydroxylation is 1. The average molecular weight is 535 g/mol. The number of hydrogen-bond donors (Lipinski definition) is 2. The Hall–Kier alpha value is -3.64. The molecule has 200 valence electrons. The summed E-state index contributed by atoms with van der Waals surface area (Å²) in [4.78, 5) is 24.8. The van der Waals surface area contributed by atoms with Gasteiger partial charge in [0.05, 0.1) is 11.8 Å². The van der Waals surface area contributed by atoms with Crippen LogP contribution in [0.4, 0.5) is 0 Å². The smallest absolute Gasteiger partial charge is 0.343 e. The fourth-order valence-corrected chi connectivity index (χ4v) is 4.01. The van der Waals surface area contributed by atoms with Crippen molar-refractivity contribution in [3.05, 3.63) is 93.5 Å². The highest BCUT2D eigenvalue weighted by Crippen LogP contribution is 2.40. The molecule has 0 spiro atoms. The highest BCUT2D eigenvalue weighted by Gasteiger charge is 2.26. The second-order valence-corrected chi connectivity index (χ2v) is 11.7. The summed E-state index contributed by atoms with van der Waals surface area (Å²) in [6, 6.07) is 17.2. The van der Waals surface area contributed by atoms with Gasteiger partial charge in [0.25, 0.3) is 0 Å². The summed E-state index contributed by atoms with van der Waals surface area (Å²) in [5.41, 5.74) is 5.87. The van der Waals surface area contributed by atoms with Crippen molar-refractivity contribution in [3.8, 4) is 11.5 Å². The molecule has 1 amide bonds. The molecule has 0 heterocycles. The monoisotopic (exact) mass is 534 g/mol. The zero-order valence-corrected chi connectivity index (χ0v) is 23.5. The van der Waals surface area contributed by atoms with E-state index in [2.05, 4.69) is 52.1 Å². The molecule has 0 aliphatic carbocycles. The van der Waals surface area contributed by atoms with Crippen LogP contribution in [-0.2, 0) is 22.0 Å². The average Bonchev–Trinajstić information content (AvgIpc) is 2.82. The maximum atomic E-state index is 12.5. The Balaban J connectivity index is 1.61. The summed E-state index contributed by atoms with van der Waals surface area (Å²) in [5, 5.41) is 15.5. The molecule has 2 N–H and O–H groups in total. The zero-order chi connectivity index (χ0) is 28.1. The van der Waals surface area contributed by atoms with Gasteiger partial charge < -0.3 is 9.84 Å².